The van der Waals surface area contributed by atoms with Gasteiger partial charge in [0, 0.05) is 11.1 Å². The lowest BCUT2D eigenvalue weighted by atomic mass is 9.96. The highest BCUT2D eigenvalue weighted by Gasteiger charge is 2.35. The highest BCUT2D eigenvalue weighted by Crippen LogP contribution is 2.38. The Bertz CT molecular complexity index is 931. The molecule has 1 amide bonds. The first-order chi connectivity index (χ1) is 12.2. The Hall–Kier alpha value is -3.28. The van der Waals surface area contributed by atoms with Gasteiger partial charge in [-0.15, -0.1) is 0 Å². The lowest BCUT2D eigenvalue weighted by Crippen LogP contribution is -2.21. The van der Waals surface area contributed by atoms with Gasteiger partial charge in [0.1, 0.15) is 17.2 Å². The summed E-state index contributed by atoms with van der Waals surface area (Å²) >= 11 is 0. The van der Waals surface area contributed by atoms with Crippen LogP contribution in [0.1, 0.15) is 27.7 Å². The van der Waals surface area contributed by atoms with Crippen molar-refractivity contribution in [3.05, 3.63) is 65.4 Å². The van der Waals surface area contributed by atoms with Gasteiger partial charge >= 0.3 is 0 Å². The maximum atomic E-state index is 12.3. The Balaban J connectivity index is 1.80. The molecule has 1 aliphatic rings. The van der Waals surface area contributed by atoms with Crippen molar-refractivity contribution in [2.45, 2.75) is 6.04 Å². The van der Waals surface area contributed by atoms with Crippen LogP contribution in [-0.4, -0.2) is 30.3 Å². The number of benzene rings is 2. The van der Waals surface area contributed by atoms with Crippen LogP contribution < -0.4 is 14.8 Å². The number of H-pyrrole nitrogens is 1. The number of aromatic amines is 1. The van der Waals surface area contributed by atoms with Crippen molar-refractivity contribution in [3.8, 4) is 22.8 Å². The number of nitrogens with one attached hydrogen (secondary N) is 2. The minimum Gasteiger partial charge on any atom is -0.497 e. The number of amides is 1. The number of hydrogen-bond donors (Lipinski definition) is 2. The van der Waals surface area contributed by atoms with E-state index in [4.69, 9.17) is 9.47 Å². The Morgan fingerprint density at radius 3 is 2.48 bits per heavy atom. The molecule has 126 valence electrons. The molecule has 6 nitrogen and oxygen atoms in total. The van der Waals surface area contributed by atoms with E-state index in [0.29, 0.717) is 5.69 Å². The molecule has 4 rings (SSSR count). The van der Waals surface area contributed by atoms with Crippen molar-refractivity contribution in [2.75, 3.05) is 14.2 Å². The maximum absolute atomic E-state index is 12.3. The number of fused-ring (bicyclic) bond motifs is 1. The maximum Gasteiger partial charge on any atom is 0.270 e. The molecule has 1 aliphatic heterocycles. The number of rotatable bonds is 4. The molecule has 0 radical (unpaired) electrons. The van der Waals surface area contributed by atoms with Gasteiger partial charge in [0.2, 0.25) is 0 Å². The van der Waals surface area contributed by atoms with Gasteiger partial charge in [0.25, 0.3) is 5.91 Å². The normalized spacial score (nSPS) is 15.6. The van der Waals surface area contributed by atoms with Crippen LogP contribution >= 0.6 is 0 Å². The van der Waals surface area contributed by atoms with Gasteiger partial charge < -0.3 is 14.8 Å². The van der Waals surface area contributed by atoms with Gasteiger partial charge in [0.05, 0.1) is 26.0 Å². The van der Waals surface area contributed by atoms with Crippen LogP contribution in [0.25, 0.3) is 11.3 Å². The Kier molecular flexibility index (Phi) is 3.65. The molecule has 1 aromatic heterocycles. The summed E-state index contributed by atoms with van der Waals surface area (Å²) in [6.07, 6.45) is 0. The molecule has 0 saturated carbocycles. The van der Waals surface area contributed by atoms with E-state index in [-0.39, 0.29) is 11.9 Å². The predicted octanol–water partition coefficient (Wildman–Crippen LogP) is 2.93. The van der Waals surface area contributed by atoms with Crippen LogP contribution in [0, 0.1) is 0 Å². The summed E-state index contributed by atoms with van der Waals surface area (Å²) in [7, 11) is 3.25. The Morgan fingerprint density at radius 2 is 1.76 bits per heavy atom. The predicted molar refractivity (Wildman–Crippen MR) is 92.9 cm³/mol. The summed E-state index contributed by atoms with van der Waals surface area (Å²) in [5.74, 6) is 1.36. The Labute approximate surface area is 144 Å². The lowest BCUT2D eigenvalue weighted by Gasteiger charge is -2.14. The standard InChI is InChI=1S/C19H17N3O3/c1-24-13-8-6-11(7-9-13)16-15-17(21-22-18(15)19(23)20-16)12-4-3-5-14(10-12)25-2/h3-10,16H,1-2H3,(H,20,23)(H,21,22)/t16-/m1/s1. The first-order valence-corrected chi connectivity index (χ1v) is 7.88. The second-order valence-corrected chi connectivity index (χ2v) is 5.77. The molecule has 25 heavy (non-hydrogen) atoms. The van der Waals surface area contributed by atoms with E-state index in [1.807, 2.05) is 48.5 Å². The lowest BCUT2D eigenvalue weighted by molar-refractivity contribution is 0.0955. The summed E-state index contributed by atoms with van der Waals surface area (Å²) in [6, 6.07) is 15.0. The topological polar surface area (TPSA) is 76.2 Å². The fourth-order valence-electron chi connectivity index (χ4n) is 3.12. The molecule has 0 spiro atoms. The highest BCUT2D eigenvalue weighted by atomic mass is 16.5. The monoisotopic (exact) mass is 335 g/mol. The molecule has 1 atom stereocenters. The van der Waals surface area contributed by atoms with E-state index in [9.17, 15) is 4.79 Å². The van der Waals surface area contributed by atoms with E-state index in [0.717, 1.165) is 33.9 Å². The number of carbonyl (C=O) groups is 1. The average molecular weight is 335 g/mol. The molecule has 0 aliphatic carbocycles. The molecule has 2 heterocycles. The molecule has 3 aromatic rings. The molecule has 0 fully saturated rings. The van der Waals surface area contributed by atoms with Crippen molar-refractivity contribution in [3.63, 3.8) is 0 Å². The number of nitrogens with zero attached hydrogens (tertiary/aromatic N) is 1. The van der Waals surface area contributed by atoms with Crippen LogP contribution in [0.15, 0.2) is 48.5 Å². The fraction of sp³-hybridized carbons (Fsp3) is 0.158. The molecule has 2 aromatic carbocycles. The SMILES string of the molecule is COc1ccc([C@H]2NC(=O)c3[nH]nc(-c4cccc(OC)c4)c32)cc1. The first kappa shape index (κ1) is 15.3. The van der Waals surface area contributed by atoms with Crippen LogP contribution in [-0.2, 0) is 0 Å². The molecular weight excluding hydrogens is 318 g/mol. The average Bonchev–Trinajstić information content (AvgIpc) is 3.23. The summed E-state index contributed by atoms with van der Waals surface area (Å²) in [4.78, 5) is 12.3. The third-order valence-electron chi connectivity index (χ3n) is 4.39. The molecule has 0 bridgehead atoms. The molecular formula is C19H17N3O3. The van der Waals surface area contributed by atoms with E-state index < -0.39 is 0 Å². The van der Waals surface area contributed by atoms with E-state index in [2.05, 4.69) is 15.5 Å². The smallest absolute Gasteiger partial charge is 0.270 e. The first-order valence-electron chi connectivity index (χ1n) is 7.88. The van der Waals surface area contributed by atoms with Gasteiger partial charge in [0.15, 0.2) is 0 Å². The number of ether oxygens (including phenoxy) is 2. The van der Waals surface area contributed by atoms with Crippen molar-refractivity contribution >= 4 is 5.91 Å². The second-order valence-electron chi connectivity index (χ2n) is 5.77. The van der Waals surface area contributed by atoms with Gasteiger partial charge in [-0.2, -0.15) is 5.10 Å². The third-order valence-corrected chi connectivity index (χ3v) is 4.39. The summed E-state index contributed by atoms with van der Waals surface area (Å²) in [5, 5.41) is 10.3. The molecule has 2 N–H and O–H groups in total. The minimum atomic E-state index is -0.256. The van der Waals surface area contributed by atoms with Crippen LogP contribution in [0.5, 0.6) is 11.5 Å². The number of hydrogen-bond acceptors (Lipinski definition) is 4. The zero-order chi connectivity index (χ0) is 17.4. The zero-order valence-corrected chi connectivity index (χ0v) is 13.9. The van der Waals surface area contributed by atoms with E-state index >= 15 is 0 Å². The minimum absolute atomic E-state index is 0.155. The van der Waals surface area contributed by atoms with Gasteiger partial charge in [-0.1, -0.05) is 24.3 Å². The number of methoxy groups -OCH3 is 2. The van der Waals surface area contributed by atoms with Gasteiger partial charge in [-0.05, 0) is 29.8 Å². The highest BCUT2D eigenvalue weighted by molar-refractivity contribution is 6.00. The van der Waals surface area contributed by atoms with Crippen molar-refractivity contribution in [1.82, 2.24) is 15.5 Å². The van der Waals surface area contributed by atoms with Crippen LogP contribution in [0.3, 0.4) is 0 Å². The summed E-state index contributed by atoms with van der Waals surface area (Å²) in [5.41, 5.74) is 3.96. The number of aromatic nitrogens is 2. The van der Waals surface area contributed by atoms with Gasteiger partial charge in [-0.3, -0.25) is 9.89 Å². The molecule has 6 heteroatoms. The third kappa shape index (κ3) is 2.52. The van der Waals surface area contributed by atoms with Crippen LogP contribution in [0.4, 0.5) is 0 Å². The molecule has 0 unspecified atom stereocenters. The summed E-state index contributed by atoms with van der Waals surface area (Å²) < 4.78 is 10.5. The second kappa shape index (κ2) is 5.98. The summed E-state index contributed by atoms with van der Waals surface area (Å²) in [6.45, 7) is 0. The Morgan fingerprint density at radius 1 is 1.00 bits per heavy atom. The van der Waals surface area contributed by atoms with Gasteiger partial charge in [-0.25, -0.2) is 0 Å². The largest absolute Gasteiger partial charge is 0.497 e. The van der Waals surface area contributed by atoms with Crippen molar-refractivity contribution in [1.29, 1.82) is 0 Å². The van der Waals surface area contributed by atoms with Crippen molar-refractivity contribution in [2.24, 2.45) is 0 Å². The van der Waals surface area contributed by atoms with Crippen LogP contribution in [0.2, 0.25) is 0 Å². The fourth-order valence-corrected chi connectivity index (χ4v) is 3.12. The van der Waals surface area contributed by atoms with E-state index in [1.54, 1.807) is 14.2 Å². The quantitative estimate of drug-likeness (QED) is 0.769. The zero-order valence-electron chi connectivity index (χ0n) is 13.9. The number of carbonyl (C=O) groups excluding carboxylic acids is 1. The van der Waals surface area contributed by atoms with Crippen molar-refractivity contribution < 1.29 is 14.3 Å². The van der Waals surface area contributed by atoms with E-state index in [1.165, 1.54) is 0 Å². The molecule has 0 saturated heterocycles.